The normalized spacial score (nSPS) is 20.3. The van der Waals surface area contributed by atoms with Gasteiger partial charge in [-0.1, -0.05) is 12.1 Å². The quantitative estimate of drug-likeness (QED) is 0.720. The maximum Gasteiger partial charge on any atom is 0.327 e. The molecule has 1 spiro atoms. The molecule has 0 aromatic heterocycles. The highest BCUT2D eigenvalue weighted by Crippen LogP contribution is 2.36. The van der Waals surface area contributed by atoms with Crippen molar-refractivity contribution in [2.45, 2.75) is 24.9 Å². The first-order valence-electron chi connectivity index (χ1n) is 8.96. The molecule has 2 aliphatic heterocycles. The van der Waals surface area contributed by atoms with Crippen molar-refractivity contribution in [2.24, 2.45) is 0 Å². The van der Waals surface area contributed by atoms with Crippen molar-refractivity contribution < 1.29 is 19.1 Å². The molecule has 1 aromatic carbocycles. The molecule has 0 unspecified atom stereocenters. The van der Waals surface area contributed by atoms with Gasteiger partial charge in [0.25, 0.3) is 5.91 Å². The Bertz CT molecular complexity index is 653. The molecule has 3 rings (SSSR count). The first-order chi connectivity index (χ1) is 12.5. The SMILES string of the molecule is COCCN1C(=O)N(C)C(=O)C12CCN(Cc1ccc(OC)cc1)CC2. The van der Waals surface area contributed by atoms with E-state index in [1.165, 1.54) is 10.5 Å². The summed E-state index contributed by atoms with van der Waals surface area (Å²) in [6, 6.07) is 7.83. The Labute approximate surface area is 154 Å². The van der Waals surface area contributed by atoms with Gasteiger partial charge < -0.3 is 14.4 Å². The Kier molecular flexibility index (Phi) is 5.48. The maximum absolute atomic E-state index is 12.8. The third-order valence-corrected chi connectivity index (χ3v) is 5.50. The van der Waals surface area contributed by atoms with Crippen molar-refractivity contribution in [3.8, 4) is 5.75 Å². The summed E-state index contributed by atoms with van der Waals surface area (Å²) in [4.78, 5) is 30.6. The molecule has 2 aliphatic rings. The molecule has 2 heterocycles. The number of benzene rings is 1. The Balaban J connectivity index is 1.66. The third kappa shape index (κ3) is 3.29. The molecule has 2 saturated heterocycles. The molecule has 0 saturated carbocycles. The number of amides is 3. The minimum atomic E-state index is -0.708. The molecular weight excluding hydrogens is 334 g/mol. The van der Waals surface area contributed by atoms with Gasteiger partial charge in [0.1, 0.15) is 11.3 Å². The lowest BCUT2D eigenvalue weighted by Gasteiger charge is -2.42. The summed E-state index contributed by atoms with van der Waals surface area (Å²) in [5, 5.41) is 0. The molecule has 142 valence electrons. The summed E-state index contributed by atoms with van der Waals surface area (Å²) in [5.74, 6) is 0.765. The van der Waals surface area contributed by atoms with Crippen LogP contribution in [0.25, 0.3) is 0 Å². The van der Waals surface area contributed by atoms with Gasteiger partial charge in [-0.2, -0.15) is 0 Å². The third-order valence-electron chi connectivity index (χ3n) is 5.50. The molecule has 1 aromatic rings. The highest BCUT2D eigenvalue weighted by atomic mass is 16.5. The standard InChI is InChI=1S/C19H27N3O4/c1-20-17(23)19(22(18(20)24)12-13-25-2)8-10-21(11-9-19)14-15-4-6-16(26-3)7-5-15/h4-7H,8-14H2,1-3H3. The van der Waals surface area contributed by atoms with Crippen molar-refractivity contribution in [1.82, 2.24) is 14.7 Å². The van der Waals surface area contributed by atoms with Crippen molar-refractivity contribution in [3.05, 3.63) is 29.8 Å². The number of methoxy groups -OCH3 is 2. The zero-order chi connectivity index (χ0) is 18.7. The fourth-order valence-corrected chi connectivity index (χ4v) is 3.92. The van der Waals surface area contributed by atoms with Crippen LogP contribution in [0.15, 0.2) is 24.3 Å². The number of imide groups is 1. The zero-order valence-electron chi connectivity index (χ0n) is 15.7. The summed E-state index contributed by atoms with van der Waals surface area (Å²) in [5.41, 5.74) is 0.504. The highest BCUT2D eigenvalue weighted by molar-refractivity contribution is 6.06. The van der Waals surface area contributed by atoms with Crippen molar-refractivity contribution in [2.75, 3.05) is 47.5 Å². The number of likely N-dealkylation sites (tertiary alicyclic amines) is 1. The molecule has 0 bridgehead atoms. The summed E-state index contributed by atoms with van der Waals surface area (Å²) in [6.07, 6.45) is 1.31. The lowest BCUT2D eigenvalue weighted by atomic mass is 9.85. The van der Waals surface area contributed by atoms with Crippen LogP contribution < -0.4 is 4.74 Å². The van der Waals surface area contributed by atoms with Crippen LogP contribution in [0.3, 0.4) is 0 Å². The second kappa shape index (κ2) is 7.63. The fourth-order valence-electron chi connectivity index (χ4n) is 3.92. The van der Waals surface area contributed by atoms with E-state index in [4.69, 9.17) is 9.47 Å². The molecular formula is C19H27N3O4. The van der Waals surface area contributed by atoms with Crippen LogP contribution in [0.5, 0.6) is 5.75 Å². The largest absolute Gasteiger partial charge is 0.497 e. The van der Waals surface area contributed by atoms with Crippen molar-refractivity contribution in [1.29, 1.82) is 0 Å². The molecule has 0 aliphatic carbocycles. The second-order valence-electron chi connectivity index (χ2n) is 6.95. The van der Waals surface area contributed by atoms with Gasteiger partial charge in [0.2, 0.25) is 0 Å². The Morgan fingerprint density at radius 3 is 2.31 bits per heavy atom. The number of hydrogen-bond acceptors (Lipinski definition) is 5. The Morgan fingerprint density at radius 1 is 1.08 bits per heavy atom. The average Bonchev–Trinajstić information content (AvgIpc) is 2.84. The van der Waals surface area contributed by atoms with Crippen LogP contribution in [0.2, 0.25) is 0 Å². The van der Waals surface area contributed by atoms with E-state index in [-0.39, 0.29) is 11.9 Å². The smallest absolute Gasteiger partial charge is 0.327 e. The predicted octanol–water partition coefficient (Wildman–Crippen LogP) is 1.57. The number of carbonyl (C=O) groups excluding carboxylic acids is 2. The van der Waals surface area contributed by atoms with Crippen LogP contribution in [-0.4, -0.2) is 79.7 Å². The molecule has 7 nitrogen and oxygen atoms in total. The molecule has 7 heteroatoms. The number of ether oxygens (including phenoxy) is 2. The zero-order valence-corrected chi connectivity index (χ0v) is 15.7. The summed E-state index contributed by atoms with van der Waals surface area (Å²) in [7, 11) is 4.84. The van der Waals surface area contributed by atoms with E-state index in [1.54, 1.807) is 26.2 Å². The first kappa shape index (κ1) is 18.7. The van der Waals surface area contributed by atoms with Crippen LogP contribution in [0.4, 0.5) is 4.79 Å². The minimum absolute atomic E-state index is 0.0808. The molecule has 2 fully saturated rings. The molecule has 0 radical (unpaired) electrons. The predicted molar refractivity (Wildman–Crippen MR) is 97.0 cm³/mol. The van der Waals surface area contributed by atoms with Gasteiger partial charge in [-0.15, -0.1) is 0 Å². The first-order valence-corrected chi connectivity index (χ1v) is 8.96. The average molecular weight is 361 g/mol. The van der Waals surface area contributed by atoms with E-state index < -0.39 is 5.54 Å². The number of carbonyl (C=O) groups is 2. The topological polar surface area (TPSA) is 62.3 Å². The summed E-state index contributed by atoms with van der Waals surface area (Å²) < 4.78 is 10.3. The van der Waals surface area contributed by atoms with Crippen molar-refractivity contribution in [3.63, 3.8) is 0 Å². The van der Waals surface area contributed by atoms with Crippen LogP contribution in [-0.2, 0) is 16.1 Å². The molecule has 0 N–H and O–H groups in total. The second-order valence-corrected chi connectivity index (χ2v) is 6.95. The Morgan fingerprint density at radius 2 is 1.73 bits per heavy atom. The highest BCUT2D eigenvalue weighted by Gasteiger charge is 2.56. The fraction of sp³-hybridized carbons (Fsp3) is 0.579. The van der Waals surface area contributed by atoms with Crippen LogP contribution >= 0.6 is 0 Å². The van der Waals surface area contributed by atoms with Gasteiger partial charge in [0, 0.05) is 40.3 Å². The number of nitrogens with zero attached hydrogens (tertiary/aromatic N) is 3. The van der Waals surface area contributed by atoms with Gasteiger partial charge in [-0.3, -0.25) is 14.6 Å². The van der Waals surface area contributed by atoms with Crippen molar-refractivity contribution >= 4 is 11.9 Å². The number of urea groups is 1. The summed E-state index contributed by atoms with van der Waals surface area (Å²) in [6.45, 7) is 3.27. The number of rotatable bonds is 6. The molecule has 26 heavy (non-hydrogen) atoms. The number of likely N-dealkylation sites (N-methyl/N-ethyl adjacent to an activating group) is 1. The van der Waals surface area contributed by atoms with E-state index >= 15 is 0 Å². The molecule has 3 amide bonds. The van der Waals surface area contributed by atoms with E-state index in [9.17, 15) is 9.59 Å². The lowest BCUT2D eigenvalue weighted by Crippen LogP contribution is -2.57. The van der Waals surface area contributed by atoms with E-state index in [2.05, 4.69) is 17.0 Å². The minimum Gasteiger partial charge on any atom is -0.497 e. The lowest BCUT2D eigenvalue weighted by molar-refractivity contribution is -0.135. The van der Waals surface area contributed by atoms with E-state index in [0.29, 0.717) is 26.0 Å². The van der Waals surface area contributed by atoms with Gasteiger partial charge in [-0.05, 0) is 30.5 Å². The number of hydrogen-bond donors (Lipinski definition) is 0. The summed E-state index contributed by atoms with van der Waals surface area (Å²) >= 11 is 0. The van der Waals surface area contributed by atoms with Gasteiger partial charge >= 0.3 is 6.03 Å². The maximum atomic E-state index is 12.8. The number of piperidine rings is 1. The van der Waals surface area contributed by atoms with Gasteiger partial charge in [0.05, 0.1) is 13.7 Å². The van der Waals surface area contributed by atoms with Crippen LogP contribution in [0.1, 0.15) is 18.4 Å². The van der Waals surface area contributed by atoms with E-state index in [1.807, 2.05) is 12.1 Å². The van der Waals surface area contributed by atoms with Crippen LogP contribution in [0, 0.1) is 0 Å². The molecule has 0 atom stereocenters. The van der Waals surface area contributed by atoms with E-state index in [0.717, 1.165) is 25.4 Å². The van der Waals surface area contributed by atoms with Gasteiger partial charge in [0.15, 0.2) is 0 Å². The van der Waals surface area contributed by atoms with Gasteiger partial charge in [-0.25, -0.2) is 4.79 Å². The Hall–Kier alpha value is -2.12. The monoisotopic (exact) mass is 361 g/mol.